The van der Waals surface area contributed by atoms with Gasteiger partial charge in [0.1, 0.15) is 10.5 Å². The summed E-state index contributed by atoms with van der Waals surface area (Å²) in [6.07, 6.45) is 14.9. The summed E-state index contributed by atoms with van der Waals surface area (Å²) in [5.41, 5.74) is 19.0. The Bertz CT molecular complexity index is 481. The monoisotopic (exact) mass is 242 g/mol. The maximum Gasteiger partial charge on any atom is 0.308 e. The van der Waals surface area contributed by atoms with Gasteiger partial charge in [-0.15, -0.1) is 11.8 Å². The van der Waals surface area contributed by atoms with Crippen molar-refractivity contribution in [2.45, 2.75) is 10.5 Å². The van der Waals surface area contributed by atoms with Crippen LogP contribution in [0.3, 0.4) is 0 Å². The molecule has 5 heteroatoms. The molecule has 2 atom stereocenters. The molecule has 0 aromatic carbocycles. The molecule has 0 fully saturated rings. The summed E-state index contributed by atoms with van der Waals surface area (Å²) in [5.74, 6) is 0. The Morgan fingerprint density at radius 2 is 1.29 bits per heavy atom. The molecule has 0 amide bonds. The summed E-state index contributed by atoms with van der Waals surface area (Å²) >= 11 is 1.55. The van der Waals surface area contributed by atoms with Crippen LogP contribution in [0.15, 0.2) is 48.6 Å². The van der Waals surface area contributed by atoms with Gasteiger partial charge in [-0.05, 0) is 0 Å². The first-order chi connectivity index (χ1) is 8.35. The molecule has 0 N–H and O–H groups in total. The fourth-order valence-corrected chi connectivity index (χ4v) is 2.80. The standard InChI is InChI=1S/C12H10N4S/c13-15-9-5-1-3-7-11(9)17-12-8-4-2-6-10(12)16-14/h1-8,11-12H. The van der Waals surface area contributed by atoms with E-state index in [9.17, 15) is 0 Å². The Morgan fingerprint density at radius 3 is 1.71 bits per heavy atom. The molecule has 4 nitrogen and oxygen atoms in total. The van der Waals surface area contributed by atoms with Gasteiger partial charge in [-0.1, -0.05) is 36.5 Å². The van der Waals surface area contributed by atoms with Gasteiger partial charge in [0.2, 0.25) is 0 Å². The van der Waals surface area contributed by atoms with Gasteiger partial charge in [-0.25, -0.2) is 0 Å². The molecule has 0 radical (unpaired) electrons. The molecule has 0 saturated heterocycles. The summed E-state index contributed by atoms with van der Waals surface area (Å²) in [6, 6.07) is 0. The Balaban J connectivity index is 2.16. The van der Waals surface area contributed by atoms with Crippen LogP contribution in [0, 0.1) is 0 Å². The minimum Gasteiger partial charge on any atom is -0.361 e. The number of hydrogen-bond donors (Lipinski definition) is 0. The lowest BCUT2D eigenvalue weighted by molar-refractivity contribution is -0.00510. The lowest BCUT2D eigenvalue weighted by atomic mass is 10.1. The van der Waals surface area contributed by atoms with E-state index in [0.29, 0.717) is 11.4 Å². The predicted molar refractivity (Wildman–Crippen MR) is 69.0 cm³/mol. The van der Waals surface area contributed by atoms with Crippen molar-refractivity contribution < 1.29 is 9.58 Å². The lowest BCUT2D eigenvalue weighted by Gasteiger charge is -2.13. The third-order valence-electron chi connectivity index (χ3n) is 2.44. The van der Waals surface area contributed by atoms with Crippen LogP contribution in [0.4, 0.5) is 0 Å². The van der Waals surface area contributed by atoms with E-state index in [1.54, 1.807) is 23.9 Å². The third kappa shape index (κ3) is 2.60. The van der Waals surface area contributed by atoms with E-state index in [1.807, 2.05) is 36.5 Å². The van der Waals surface area contributed by atoms with Crippen molar-refractivity contribution in [2.24, 2.45) is 0 Å². The molecule has 84 valence electrons. The first-order valence-electron chi connectivity index (χ1n) is 5.14. The second-order valence-electron chi connectivity index (χ2n) is 3.52. The van der Waals surface area contributed by atoms with Gasteiger partial charge in [-0.3, -0.25) is 0 Å². The number of rotatable bonds is 2. The highest BCUT2D eigenvalue weighted by molar-refractivity contribution is 8.02. The molecule has 2 unspecified atom stereocenters. The van der Waals surface area contributed by atoms with Gasteiger partial charge in [0.25, 0.3) is 0 Å². The number of thioether (sulfide) groups is 1. The van der Waals surface area contributed by atoms with Crippen LogP contribution in [-0.4, -0.2) is 31.5 Å². The van der Waals surface area contributed by atoms with Crippen molar-refractivity contribution in [1.29, 1.82) is 0 Å². The average molecular weight is 242 g/mol. The molecule has 2 aliphatic rings. The molecule has 0 aromatic heterocycles. The molecule has 0 bridgehead atoms. The van der Waals surface area contributed by atoms with Gasteiger partial charge in [-0.2, -0.15) is 9.58 Å². The molecule has 17 heavy (non-hydrogen) atoms. The molecule has 0 spiro atoms. The summed E-state index contributed by atoms with van der Waals surface area (Å²) in [5, 5.41) is -0.0780. The minimum atomic E-state index is -0.0390. The van der Waals surface area contributed by atoms with E-state index < -0.39 is 0 Å². The molecule has 2 aliphatic carbocycles. The zero-order valence-electron chi connectivity index (χ0n) is 8.97. The van der Waals surface area contributed by atoms with Crippen LogP contribution < -0.4 is 0 Å². The Morgan fingerprint density at radius 1 is 0.824 bits per heavy atom. The van der Waals surface area contributed by atoms with Crippen molar-refractivity contribution in [1.82, 2.24) is 0 Å². The third-order valence-corrected chi connectivity index (χ3v) is 3.82. The fourth-order valence-electron chi connectivity index (χ4n) is 1.59. The Kier molecular flexibility index (Phi) is 3.68. The topological polar surface area (TPSA) is 72.8 Å². The van der Waals surface area contributed by atoms with Crippen LogP contribution in [-0.2, 0) is 0 Å². The van der Waals surface area contributed by atoms with Crippen molar-refractivity contribution in [3.63, 3.8) is 0 Å². The van der Waals surface area contributed by atoms with Gasteiger partial charge < -0.3 is 11.1 Å². The minimum absolute atomic E-state index is 0.0390. The van der Waals surface area contributed by atoms with E-state index in [-0.39, 0.29) is 10.5 Å². The number of nitrogens with zero attached hydrogens (tertiary/aromatic N) is 4. The normalized spacial score (nSPS) is 25.9. The molecule has 0 aliphatic heterocycles. The van der Waals surface area contributed by atoms with Crippen molar-refractivity contribution in [2.75, 3.05) is 0 Å². The van der Waals surface area contributed by atoms with Crippen LogP contribution in [0.25, 0.3) is 11.1 Å². The van der Waals surface area contributed by atoms with Gasteiger partial charge in [0.15, 0.2) is 0 Å². The van der Waals surface area contributed by atoms with E-state index in [1.165, 1.54) is 0 Å². The zero-order chi connectivity index (χ0) is 12.1. The first-order valence-corrected chi connectivity index (χ1v) is 6.08. The first kappa shape index (κ1) is 11.6. The van der Waals surface area contributed by atoms with Crippen LogP contribution >= 0.6 is 11.8 Å². The van der Waals surface area contributed by atoms with Crippen LogP contribution in [0.2, 0.25) is 0 Å². The highest BCUT2D eigenvalue weighted by atomic mass is 32.2. The number of hydrogen-bond acceptors (Lipinski definition) is 1. The Labute approximate surface area is 103 Å². The molecular weight excluding hydrogens is 232 g/mol. The number of allylic oxidation sites excluding steroid dienone is 6. The SMILES string of the molecule is [N-]=[N+]=C1C=CC=CC1SC1C=CC=CC1=[N+]=[N-]. The van der Waals surface area contributed by atoms with E-state index in [4.69, 9.17) is 11.1 Å². The summed E-state index contributed by atoms with van der Waals surface area (Å²) in [6.45, 7) is 0. The maximum atomic E-state index is 8.89. The molecule has 0 saturated carbocycles. The van der Waals surface area contributed by atoms with E-state index in [0.717, 1.165) is 0 Å². The van der Waals surface area contributed by atoms with Gasteiger partial charge in [0, 0.05) is 12.2 Å². The summed E-state index contributed by atoms with van der Waals surface area (Å²) in [7, 11) is 0. The zero-order valence-corrected chi connectivity index (χ0v) is 9.79. The van der Waals surface area contributed by atoms with Crippen molar-refractivity contribution in [3.05, 3.63) is 59.7 Å². The van der Waals surface area contributed by atoms with Gasteiger partial charge in [0.05, 0.1) is 0 Å². The molecular formula is C12H10N4S. The fraction of sp³-hybridized carbons (Fsp3) is 0.167. The second-order valence-corrected chi connectivity index (χ2v) is 4.80. The average Bonchev–Trinajstić information content (AvgIpc) is 2.40. The molecule has 0 aromatic rings. The summed E-state index contributed by atoms with van der Waals surface area (Å²) < 4.78 is 0. The summed E-state index contributed by atoms with van der Waals surface area (Å²) in [4.78, 5) is 6.52. The smallest absolute Gasteiger partial charge is 0.308 e. The quantitative estimate of drug-likeness (QED) is 0.539. The van der Waals surface area contributed by atoms with E-state index >= 15 is 0 Å². The van der Waals surface area contributed by atoms with Crippen LogP contribution in [0.1, 0.15) is 0 Å². The van der Waals surface area contributed by atoms with E-state index in [2.05, 4.69) is 9.58 Å². The van der Waals surface area contributed by atoms with Crippen molar-refractivity contribution in [3.8, 4) is 0 Å². The largest absolute Gasteiger partial charge is 0.361 e. The lowest BCUT2D eigenvalue weighted by Crippen LogP contribution is -2.24. The molecule has 0 heterocycles. The predicted octanol–water partition coefficient (Wildman–Crippen LogP) is 2.05. The van der Waals surface area contributed by atoms with Crippen molar-refractivity contribution >= 4 is 23.2 Å². The second kappa shape index (κ2) is 5.41. The van der Waals surface area contributed by atoms with Gasteiger partial charge >= 0.3 is 11.4 Å². The highest BCUT2D eigenvalue weighted by Crippen LogP contribution is 2.25. The Hall–Kier alpha value is -1.93. The highest BCUT2D eigenvalue weighted by Gasteiger charge is 2.29. The maximum absolute atomic E-state index is 8.89. The van der Waals surface area contributed by atoms with Crippen LogP contribution in [0.5, 0.6) is 0 Å². The molecule has 2 rings (SSSR count).